The lowest BCUT2D eigenvalue weighted by Gasteiger charge is -2.37. The lowest BCUT2D eigenvalue weighted by atomic mass is 10.1. The second-order valence-corrected chi connectivity index (χ2v) is 9.85. The summed E-state index contributed by atoms with van der Waals surface area (Å²) in [5.74, 6) is 0.0123. The third-order valence-corrected chi connectivity index (χ3v) is 7.14. The number of carbonyl (C=O) groups is 3. The Morgan fingerprint density at radius 1 is 1.09 bits per heavy atom. The summed E-state index contributed by atoms with van der Waals surface area (Å²) in [4.78, 5) is 48.8. The number of fused-ring (bicyclic) bond motifs is 1. The van der Waals surface area contributed by atoms with Crippen LogP contribution in [0.2, 0.25) is 0 Å². The molecule has 14 heteroatoms. The first-order chi connectivity index (χ1) is 20.8. The molecule has 3 heterocycles. The molecular weight excluding hydrogens is 562 g/mol. The van der Waals surface area contributed by atoms with Crippen molar-refractivity contribution in [3.8, 4) is 17.0 Å². The number of piperazine rings is 1. The van der Waals surface area contributed by atoms with Crippen LogP contribution in [-0.4, -0.2) is 87.8 Å². The largest absolute Gasteiger partial charge is 0.435 e. The molecule has 2 aromatic heterocycles. The van der Waals surface area contributed by atoms with Gasteiger partial charge in [-0.1, -0.05) is 0 Å². The summed E-state index contributed by atoms with van der Waals surface area (Å²) in [5.41, 5.74) is 9.40. The number of aromatic nitrogens is 3. The van der Waals surface area contributed by atoms with E-state index in [1.165, 1.54) is 12.1 Å². The molecule has 1 aliphatic heterocycles. The fraction of sp³-hybridized carbons (Fsp3) is 0.276. The highest BCUT2D eigenvalue weighted by atomic mass is 19.3. The van der Waals surface area contributed by atoms with E-state index in [1.54, 1.807) is 52.7 Å². The Balaban J connectivity index is 1.26. The third kappa shape index (κ3) is 6.60. The number of nitrogens with zero attached hydrogens (tertiary/aromatic N) is 5. The van der Waals surface area contributed by atoms with Crippen molar-refractivity contribution >= 4 is 35.3 Å². The molecule has 4 aromatic rings. The molecule has 2 amide bonds. The topological polar surface area (TPSA) is 147 Å². The Morgan fingerprint density at radius 3 is 2.49 bits per heavy atom. The van der Waals surface area contributed by atoms with E-state index in [0.29, 0.717) is 55.2 Å². The van der Waals surface area contributed by atoms with Gasteiger partial charge < -0.3 is 26.0 Å². The van der Waals surface area contributed by atoms with E-state index in [4.69, 9.17) is 5.73 Å². The summed E-state index contributed by atoms with van der Waals surface area (Å²) in [6.07, 6.45) is 4.92. The first-order valence-electron chi connectivity index (χ1n) is 13.5. The van der Waals surface area contributed by atoms with Crippen LogP contribution in [0.1, 0.15) is 15.9 Å². The minimum Gasteiger partial charge on any atom is -0.435 e. The average molecular weight is 593 g/mol. The Bertz CT molecular complexity index is 1620. The molecule has 0 radical (unpaired) electrons. The number of anilines is 2. The number of hydrogen-bond acceptors (Lipinski definition) is 9. The zero-order chi connectivity index (χ0) is 30.5. The van der Waals surface area contributed by atoms with E-state index in [0.717, 1.165) is 16.8 Å². The molecule has 224 valence electrons. The van der Waals surface area contributed by atoms with E-state index < -0.39 is 18.7 Å². The number of nitrogens with one attached hydrogen (secondary N) is 2. The predicted molar refractivity (Wildman–Crippen MR) is 154 cm³/mol. The number of ether oxygens (including phenoxy) is 1. The van der Waals surface area contributed by atoms with E-state index in [9.17, 15) is 23.2 Å². The van der Waals surface area contributed by atoms with Crippen molar-refractivity contribution in [1.29, 1.82) is 0 Å². The van der Waals surface area contributed by atoms with Crippen molar-refractivity contribution in [2.75, 3.05) is 38.0 Å². The highest BCUT2D eigenvalue weighted by molar-refractivity contribution is 5.96. The minimum absolute atomic E-state index is 0.0657. The van der Waals surface area contributed by atoms with Crippen LogP contribution in [0.4, 0.5) is 20.3 Å². The SMILES string of the molecule is Cc1cc(Nc2nccn3c(-c4ccc(OC(F)F)cc4)cnc23)ccc1C(=O)N1CCN(C(C=O)NC(=O)CN)CC1. The van der Waals surface area contributed by atoms with E-state index >= 15 is 0 Å². The fourth-order valence-corrected chi connectivity index (χ4v) is 4.95. The first-order valence-corrected chi connectivity index (χ1v) is 13.5. The minimum atomic E-state index is -2.89. The highest BCUT2D eigenvalue weighted by Gasteiger charge is 2.28. The number of amides is 2. The number of aryl methyl sites for hydroxylation is 1. The first kappa shape index (κ1) is 29.5. The van der Waals surface area contributed by atoms with Gasteiger partial charge in [-0.2, -0.15) is 8.78 Å². The number of nitrogens with two attached hydrogens (primary N) is 1. The van der Waals surface area contributed by atoms with Gasteiger partial charge in [0.15, 0.2) is 17.8 Å². The number of aldehydes is 1. The molecule has 4 N–H and O–H groups in total. The monoisotopic (exact) mass is 592 g/mol. The Kier molecular flexibility index (Phi) is 8.87. The molecule has 1 aliphatic rings. The number of hydrogen-bond donors (Lipinski definition) is 3. The van der Waals surface area contributed by atoms with Crippen LogP contribution in [0.15, 0.2) is 61.1 Å². The van der Waals surface area contributed by atoms with Crippen LogP contribution >= 0.6 is 0 Å². The normalized spacial score (nSPS) is 14.5. The number of rotatable bonds is 10. The van der Waals surface area contributed by atoms with E-state index in [2.05, 4.69) is 25.3 Å². The van der Waals surface area contributed by atoms with Crippen LogP contribution in [0.25, 0.3) is 16.9 Å². The standard InChI is InChI=1S/C29H30F2N8O4/c1-18-14-20(4-7-22(18)28(42)38-12-10-37(11-13-38)24(17-40)36-25(41)15-32)35-26-27-34-16-23(39(27)9-8-33-26)19-2-5-21(6-3-19)43-29(30)31/h2-9,14,16-17,24,29H,10-13,15,32H2,1H3,(H,33,35)(H,36,41). The second kappa shape index (κ2) is 12.9. The van der Waals surface area contributed by atoms with Crippen LogP contribution in [-0.2, 0) is 9.59 Å². The van der Waals surface area contributed by atoms with Crippen molar-refractivity contribution in [3.63, 3.8) is 0 Å². The van der Waals surface area contributed by atoms with Crippen molar-refractivity contribution < 1.29 is 27.9 Å². The van der Waals surface area contributed by atoms with Gasteiger partial charge in [-0.25, -0.2) is 9.97 Å². The van der Waals surface area contributed by atoms with E-state index in [-0.39, 0.29) is 18.2 Å². The summed E-state index contributed by atoms with van der Waals surface area (Å²) in [6.45, 7) is 0.396. The van der Waals surface area contributed by atoms with Gasteiger partial charge in [0.25, 0.3) is 5.91 Å². The zero-order valence-electron chi connectivity index (χ0n) is 23.2. The van der Waals surface area contributed by atoms with Gasteiger partial charge in [0.1, 0.15) is 11.9 Å². The maximum atomic E-state index is 13.3. The summed E-state index contributed by atoms with van der Waals surface area (Å²) < 4.78 is 31.3. The molecule has 0 spiro atoms. The predicted octanol–water partition coefficient (Wildman–Crippen LogP) is 2.41. The maximum absolute atomic E-state index is 13.3. The molecule has 1 fully saturated rings. The third-order valence-electron chi connectivity index (χ3n) is 7.14. The number of alkyl halides is 2. The Hall–Kier alpha value is -4.95. The average Bonchev–Trinajstić information content (AvgIpc) is 3.45. The van der Waals surface area contributed by atoms with Gasteiger partial charge in [0, 0.05) is 55.4 Å². The van der Waals surface area contributed by atoms with Crippen molar-refractivity contribution in [1.82, 2.24) is 29.5 Å². The second-order valence-electron chi connectivity index (χ2n) is 9.85. The molecule has 1 atom stereocenters. The summed E-state index contributed by atoms with van der Waals surface area (Å²) in [7, 11) is 0. The molecule has 1 saturated heterocycles. The summed E-state index contributed by atoms with van der Waals surface area (Å²) in [6, 6.07) is 11.7. The number of benzene rings is 2. The molecule has 0 aliphatic carbocycles. The quantitative estimate of drug-likeness (QED) is 0.236. The zero-order valence-corrected chi connectivity index (χ0v) is 23.2. The Labute approximate surface area is 245 Å². The van der Waals surface area contributed by atoms with Crippen LogP contribution in [0, 0.1) is 6.92 Å². The van der Waals surface area contributed by atoms with Crippen molar-refractivity contribution in [3.05, 3.63) is 72.2 Å². The van der Waals surface area contributed by atoms with Crippen molar-refractivity contribution in [2.45, 2.75) is 19.7 Å². The molecule has 2 aromatic carbocycles. The van der Waals surface area contributed by atoms with E-state index in [1.807, 2.05) is 17.4 Å². The fourth-order valence-electron chi connectivity index (χ4n) is 4.95. The summed E-state index contributed by atoms with van der Waals surface area (Å²) >= 11 is 0. The van der Waals surface area contributed by atoms with Gasteiger partial charge in [0.2, 0.25) is 5.91 Å². The molecule has 0 saturated carbocycles. The van der Waals surface area contributed by atoms with Gasteiger partial charge in [-0.05, 0) is 55.0 Å². The van der Waals surface area contributed by atoms with Gasteiger partial charge in [-0.15, -0.1) is 0 Å². The molecule has 5 rings (SSSR count). The number of imidazole rings is 1. The van der Waals surface area contributed by atoms with Gasteiger partial charge >= 0.3 is 6.61 Å². The lowest BCUT2D eigenvalue weighted by molar-refractivity contribution is -0.126. The van der Waals surface area contributed by atoms with Crippen molar-refractivity contribution in [2.24, 2.45) is 5.73 Å². The molecule has 12 nitrogen and oxygen atoms in total. The van der Waals surface area contributed by atoms with Crippen LogP contribution in [0.5, 0.6) is 5.75 Å². The van der Waals surface area contributed by atoms with Crippen LogP contribution < -0.4 is 21.1 Å². The van der Waals surface area contributed by atoms with Gasteiger partial charge in [-0.3, -0.25) is 23.7 Å². The molecule has 0 bridgehead atoms. The summed E-state index contributed by atoms with van der Waals surface area (Å²) in [5, 5.41) is 5.84. The number of halogens is 2. The molecule has 43 heavy (non-hydrogen) atoms. The molecule has 1 unspecified atom stereocenters. The highest BCUT2D eigenvalue weighted by Crippen LogP contribution is 2.28. The Morgan fingerprint density at radius 2 is 1.84 bits per heavy atom. The van der Waals surface area contributed by atoms with Crippen LogP contribution in [0.3, 0.4) is 0 Å². The lowest BCUT2D eigenvalue weighted by Crippen LogP contribution is -2.58. The number of carbonyl (C=O) groups excluding carboxylic acids is 3. The maximum Gasteiger partial charge on any atom is 0.387 e. The molecular formula is C29H30F2N8O4. The smallest absolute Gasteiger partial charge is 0.387 e. The van der Waals surface area contributed by atoms with Gasteiger partial charge in [0.05, 0.1) is 18.4 Å².